The van der Waals surface area contributed by atoms with Crippen molar-refractivity contribution < 1.29 is 16.8 Å². The largest absolute Gasteiger partial charge is 0.370 e. The fourth-order valence-corrected chi connectivity index (χ4v) is 7.73. The number of thiazole rings is 1. The molecule has 178 valence electrons. The van der Waals surface area contributed by atoms with Gasteiger partial charge < -0.3 is 11.5 Å². The van der Waals surface area contributed by atoms with Crippen molar-refractivity contribution in [3.8, 4) is 0 Å². The monoisotopic (exact) mass is 547 g/mol. The van der Waals surface area contributed by atoms with Gasteiger partial charge in [0.1, 0.15) is 4.90 Å². The first kappa shape index (κ1) is 25.5. The van der Waals surface area contributed by atoms with Gasteiger partial charge in [-0.3, -0.25) is 9.71 Å². The van der Waals surface area contributed by atoms with Gasteiger partial charge in [-0.05, 0) is 18.2 Å². The highest BCUT2D eigenvalue weighted by Crippen LogP contribution is 2.33. The van der Waals surface area contributed by atoms with Crippen LogP contribution in [-0.4, -0.2) is 51.8 Å². The topological polar surface area (TPSA) is 182 Å². The fraction of sp³-hybridized carbons (Fsp3) is 0.235. The Balaban J connectivity index is 1.61. The molecule has 1 aliphatic rings. The lowest BCUT2D eigenvalue weighted by atomic mass is 10.4. The smallest absolute Gasteiger partial charge is 0.264 e. The number of nitrogens with two attached hydrogens (primary N) is 2. The van der Waals surface area contributed by atoms with E-state index in [9.17, 15) is 16.8 Å². The van der Waals surface area contributed by atoms with Crippen LogP contribution >= 0.6 is 34.9 Å². The van der Waals surface area contributed by atoms with Gasteiger partial charge >= 0.3 is 0 Å². The molecule has 0 aliphatic carbocycles. The summed E-state index contributed by atoms with van der Waals surface area (Å²) < 4.78 is 54.6. The molecule has 0 amide bonds. The van der Waals surface area contributed by atoms with E-state index in [0.29, 0.717) is 28.1 Å². The number of nitrogens with zero attached hydrogens (tertiary/aromatic N) is 3. The summed E-state index contributed by atoms with van der Waals surface area (Å²) in [4.78, 5) is 12.6. The lowest BCUT2D eigenvalue weighted by molar-refractivity contribution is 0.584. The minimum absolute atomic E-state index is 0.0356. The summed E-state index contributed by atoms with van der Waals surface area (Å²) >= 11 is 4.05. The number of sulfonamides is 2. The predicted molar refractivity (Wildman–Crippen MR) is 134 cm³/mol. The quantitative estimate of drug-likeness (QED) is 0.147. The number of hydrogen-bond donors (Lipinski definition) is 4. The molecule has 0 unspecified atom stereocenters. The Labute approximate surface area is 204 Å². The van der Waals surface area contributed by atoms with Crippen molar-refractivity contribution in [2.45, 2.75) is 20.4 Å². The number of amidine groups is 1. The molecule has 0 fully saturated rings. The minimum Gasteiger partial charge on any atom is -0.370 e. The van der Waals surface area contributed by atoms with Gasteiger partial charge in [-0.1, -0.05) is 17.8 Å². The summed E-state index contributed by atoms with van der Waals surface area (Å²) in [5.74, 6) is 1.23. The van der Waals surface area contributed by atoms with E-state index >= 15 is 0 Å². The Hall–Kier alpha value is -2.11. The standard InChI is InChI=1S/C17H21N7O4S5/c1-2-5-21-32(25,26)12-3-4-13-14(8-12)33(27,28)24-16(31-13)20-6-7-29-9-11-10-30-17(22-11)23-15(18)19/h2-4,8,10,21H,1,5-7,9H2,(H,20,24)(H4,18,19,22,23). The molecule has 0 atom stereocenters. The van der Waals surface area contributed by atoms with Gasteiger partial charge in [0.25, 0.3) is 10.0 Å². The average Bonchev–Trinajstić information content (AvgIpc) is 3.17. The molecule has 11 nitrogen and oxygen atoms in total. The second-order valence-corrected chi connectivity index (χ2v) is 12.7. The third-order valence-electron chi connectivity index (χ3n) is 3.87. The Kier molecular flexibility index (Phi) is 8.41. The lowest BCUT2D eigenvalue weighted by Crippen LogP contribution is -2.33. The summed E-state index contributed by atoms with van der Waals surface area (Å²) in [6.45, 7) is 3.87. The van der Waals surface area contributed by atoms with E-state index in [2.05, 4.69) is 31.0 Å². The number of nitrogens with one attached hydrogen (secondary N) is 2. The van der Waals surface area contributed by atoms with E-state index in [1.54, 1.807) is 11.8 Å². The molecule has 0 saturated heterocycles. The number of rotatable bonds is 10. The molecule has 1 aliphatic heterocycles. The summed E-state index contributed by atoms with van der Waals surface area (Å²) in [5.41, 5.74) is 11.5. The van der Waals surface area contributed by atoms with Crippen LogP contribution in [0.15, 0.2) is 60.9 Å². The molecule has 16 heteroatoms. The molecular weight excluding hydrogens is 527 g/mol. The summed E-state index contributed by atoms with van der Waals surface area (Å²) in [6.07, 6.45) is 1.39. The van der Waals surface area contributed by atoms with Crippen molar-refractivity contribution in [3.63, 3.8) is 0 Å². The van der Waals surface area contributed by atoms with Crippen LogP contribution in [0.2, 0.25) is 0 Å². The van der Waals surface area contributed by atoms with Gasteiger partial charge in [-0.15, -0.1) is 17.9 Å². The van der Waals surface area contributed by atoms with Crippen LogP contribution in [0.4, 0.5) is 5.13 Å². The van der Waals surface area contributed by atoms with Crippen LogP contribution in [0.3, 0.4) is 0 Å². The third-order valence-corrected chi connectivity index (χ3v) is 9.68. The lowest BCUT2D eigenvalue weighted by Gasteiger charge is -2.20. The van der Waals surface area contributed by atoms with Crippen molar-refractivity contribution in [2.75, 3.05) is 18.8 Å². The van der Waals surface area contributed by atoms with Crippen molar-refractivity contribution in [1.82, 2.24) is 14.4 Å². The molecular formula is C17H21N7O4S5. The molecule has 2 heterocycles. The zero-order valence-electron chi connectivity index (χ0n) is 17.1. The van der Waals surface area contributed by atoms with E-state index in [1.165, 1.54) is 29.5 Å². The highest BCUT2D eigenvalue weighted by molar-refractivity contribution is 8.16. The molecule has 0 radical (unpaired) electrons. The van der Waals surface area contributed by atoms with Crippen LogP contribution < -0.4 is 20.9 Å². The maximum atomic E-state index is 12.7. The van der Waals surface area contributed by atoms with Crippen molar-refractivity contribution in [1.29, 1.82) is 0 Å². The van der Waals surface area contributed by atoms with Crippen LogP contribution in [0, 0.1) is 0 Å². The zero-order valence-corrected chi connectivity index (χ0v) is 21.2. The molecule has 6 N–H and O–H groups in total. The van der Waals surface area contributed by atoms with E-state index in [-0.39, 0.29) is 27.5 Å². The fourth-order valence-electron chi connectivity index (χ4n) is 2.47. The van der Waals surface area contributed by atoms with E-state index < -0.39 is 20.0 Å². The Morgan fingerprint density at radius 1 is 1.36 bits per heavy atom. The van der Waals surface area contributed by atoms with E-state index in [1.807, 2.05) is 5.38 Å². The van der Waals surface area contributed by atoms with Crippen LogP contribution in [0.1, 0.15) is 5.69 Å². The zero-order chi connectivity index (χ0) is 24.1. The molecule has 1 aromatic carbocycles. The van der Waals surface area contributed by atoms with Crippen LogP contribution in [0.25, 0.3) is 0 Å². The second-order valence-electron chi connectivity index (χ2n) is 6.35. The third kappa shape index (κ3) is 6.94. The van der Waals surface area contributed by atoms with Gasteiger partial charge in [0, 0.05) is 28.3 Å². The number of fused-ring (bicyclic) bond motifs is 1. The maximum absolute atomic E-state index is 12.7. The average molecular weight is 548 g/mol. The molecule has 0 spiro atoms. The number of benzene rings is 1. The first-order valence-electron chi connectivity index (χ1n) is 9.22. The second kappa shape index (κ2) is 10.9. The number of hydrogen-bond acceptors (Lipinski definition) is 10. The van der Waals surface area contributed by atoms with Crippen molar-refractivity contribution >= 4 is 71.2 Å². The number of aromatic nitrogens is 1. The molecule has 0 bridgehead atoms. The van der Waals surface area contributed by atoms with E-state index in [4.69, 9.17) is 11.5 Å². The number of thioether (sulfide) groups is 2. The first-order valence-corrected chi connectivity index (χ1v) is 15.0. The van der Waals surface area contributed by atoms with Gasteiger partial charge in [0.2, 0.25) is 15.2 Å². The summed E-state index contributed by atoms with van der Waals surface area (Å²) in [7, 11) is -7.80. The Morgan fingerprint density at radius 3 is 2.88 bits per heavy atom. The first-order chi connectivity index (χ1) is 15.6. The van der Waals surface area contributed by atoms with E-state index in [0.717, 1.165) is 23.5 Å². The Bertz CT molecular complexity index is 1300. The Morgan fingerprint density at radius 2 is 2.15 bits per heavy atom. The van der Waals surface area contributed by atoms with Crippen LogP contribution in [-0.2, 0) is 25.8 Å². The normalized spacial score (nSPS) is 16.1. The maximum Gasteiger partial charge on any atom is 0.264 e. The predicted octanol–water partition coefficient (Wildman–Crippen LogP) is 1.19. The summed E-state index contributed by atoms with van der Waals surface area (Å²) in [5, 5.41) is 2.58. The summed E-state index contributed by atoms with van der Waals surface area (Å²) in [6, 6.07) is 3.95. The van der Waals surface area contributed by atoms with Gasteiger partial charge in [-0.2, -0.15) is 16.8 Å². The SMILES string of the molecule is C=CCNS(=O)(=O)c1ccc2c(c1)S(=O)(=O)NC(=NCCSCc1csc(N=C(N)N)n1)S2. The van der Waals surface area contributed by atoms with Gasteiger partial charge in [0.15, 0.2) is 11.1 Å². The molecule has 33 heavy (non-hydrogen) atoms. The van der Waals surface area contributed by atoms with Gasteiger partial charge in [-0.25, -0.2) is 26.5 Å². The molecule has 0 saturated carbocycles. The highest BCUT2D eigenvalue weighted by atomic mass is 32.2. The molecule has 3 rings (SSSR count). The van der Waals surface area contributed by atoms with Gasteiger partial charge in [0.05, 0.1) is 17.1 Å². The van der Waals surface area contributed by atoms with Crippen LogP contribution in [0.5, 0.6) is 0 Å². The minimum atomic E-state index is -3.95. The highest BCUT2D eigenvalue weighted by Gasteiger charge is 2.29. The van der Waals surface area contributed by atoms with Crippen molar-refractivity contribution in [2.24, 2.45) is 21.5 Å². The number of aliphatic imine (C=N–C) groups is 2. The molecule has 1 aromatic heterocycles. The molecule has 2 aromatic rings. The number of guanidine groups is 1. The van der Waals surface area contributed by atoms with Crippen molar-refractivity contribution in [3.05, 3.63) is 41.9 Å².